The third-order valence-corrected chi connectivity index (χ3v) is 4.69. The fourth-order valence-electron chi connectivity index (χ4n) is 3.09. The average molecular weight is 424 g/mol. The van der Waals surface area contributed by atoms with Crippen molar-refractivity contribution in [2.24, 2.45) is 0 Å². The van der Waals surface area contributed by atoms with E-state index < -0.39 is 0 Å². The molecule has 0 radical (unpaired) electrons. The fourth-order valence-corrected chi connectivity index (χ4v) is 3.09. The normalized spacial score (nSPS) is 10.6. The molecule has 1 N–H and O–H groups in total. The van der Waals surface area contributed by atoms with E-state index in [1.165, 1.54) is 0 Å². The maximum absolute atomic E-state index is 12.6. The highest BCUT2D eigenvalue weighted by molar-refractivity contribution is 5.94. The third-order valence-electron chi connectivity index (χ3n) is 4.69. The van der Waals surface area contributed by atoms with E-state index in [9.17, 15) is 4.79 Å². The van der Waals surface area contributed by atoms with Crippen LogP contribution in [0.3, 0.4) is 0 Å². The second kappa shape index (κ2) is 10.5. The smallest absolute Gasteiger partial charge is 0.228 e. The van der Waals surface area contributed by atoms with Crippen LogP contribution in [0.25, 0.3) is 0 Å². The Labute approximate surface area is 182 Å². The lowest BCUT2D eigenvalue weighted by Crippen LogP contribution is -2.15. The molecule has 7 nitrogen and oxygen atoms in total. The van der Waals surface area contributed by atoms with Crippen LogP contribution in [-0.4, -0.2) is 24.3 Å². The first-order valence-electron chi connectivity index (χ1n) is 10.3. The van der Waals surface area contributed by atoms with E-state index in [2.05, 4.69) is 10.5 Å². The molecule has 0 saturated carbocycles. The van der Waals surface area contributed by atoms with E-state index in [0.29, 0.717) is 42.8 Å². The maximum atomic E-state index is 12.6. The molecular formula is C24H28N2O5. The number of benzene rings is 2. The first kappa shape index (κ1) is 22.2. The minimum atomic E-state index is -0.140. The van der Waals surface area contributed by atoms with Gasteiger partial charge >= 0.3 is 0 Å². The topological polar surface area (TPSA) is 82.8 Å². The molecule has 0 spiro atoms. The van der Waals surface area contributed by atoms with Gasteiger partial charge in [0.25, 0.3) is 0 Å². The number of carbonyl (C=O) groups excluding carboxylic acids is 1. The summed E-state index contributed by atoms with van der Waals surface area (Å²) in [7, 11) is 0. The molecular weight excluding hydrogens is 396 g/mol. The third kappa shape index (κ3) is 6.01. The standard InChI is InChI=1S/C24H28N2O5/c1-5-28-20-11-12-23(29-6-2)22(14-20)25-24(27)13-18-7-9-19(10-8-18)30-15-21-16(3)26-31-17(21)4/h7-12,14H,5-6,13,15H2,1-4H3,(H,25,27). The van der Waals surface area contributed by atoms with Crippen LogP contribution >= 0.6 is 0 Å². The molecule has 0 aliphatic rings. The number of aromatic nitrogens is 1. The Morgan fingerprint density at radius 2 is 1.68 bits per heavy atom. The van der Waals surface area contributed by atoms with Crippen LogP contribution in [-0.2, 0) is 17.8 Å². The SMILES string of the molecule is CCOc1ccc(OCC)c(NC(=O)Cc2ccc(OCc3c(C)noc3C)cc2)c1. The van der Waals surface area contributed by atoms with Gasteiger partial charge in [-0.2, -0.15) is 0 Å². The number of hydrogen-bond acceptors (Lipinski definition) is 6. The summed E-state index contributed by atoms with van der Waals surface area (Å²) in [6.07, 6.45) is 0.231. The molecule has 7 heteroatoms. The second-order valence-electron chi connectivity index (χ2n) is 6.98. The van der Waals surface area contributed by atoms with Gasteiger partial charge in [-0.05, 0) is 57.5 Å². The van der Waals surface area contributed by atoms with Crippen molar-refractivity contribution in [3.8, 4) is 17.2 Å². The Balaban J connectivity index is 1.60. The minimum Gasteiger partial charge on any atom is -0.494 e. The summed E-state index contributed by atoms with van der Waals surface area (Å²) < 4.78 is 22.1. The lowest BCUT2D eigenvalue weighted by molar-refractivity contribution is -0.115. The highest BCUT2D eigenvalue weighted by Crippen LogP contribution is 2.29. The Kier molecular flexibility index (Phi) is 7.54. The zero-order valence-corrected chi connectivity index (χ0v) is 18.4. The van der Waals surface area contributed by atoms with E-state index in [0.717, 1.165) is 22.6 Å². The second-order valence-corrected chi connectivity index (χ2v) is 6.98. The molecule has 0 bridgehead atoms. The van der Waals surface area contributed by atoms with Gasteiger partial charge in [0.2, 0.25) is 5.91 Å². The molecule has 31 heavy (non-hydrogen) atoms. The summed E-state index contributed by atoms with van der Waals surface area (Å²) in [6, 6.07) is 12.9. The van der Waals surface area contributed by atoms with Crippen LogP contribution in [0.4, 0.5) is 5.69 Å². The van der Waals surface area contributed by atoms with Crippen molar-refractivity contribution >= 4 is 11.6 Å². The number of carbonyl (C=O) groups is 1. The van der Waals surface area contributed by atoms with E-state index in [1.54, 1.807) is 12.1 Å². The largest absolute Gasteiger partial charge is 0.494 e. The van der Waals surface area contributed by atoms with Crippen molar-refractivity contribution in [1.29, 1.82) is 0 Å². The summed E-state index contributed by atoms with van der Waals surface area (Å²) in [5.41, 5.74) is 3.24. The van der Waals surface area contributed by atoms with Crippen LogP contribution in [0.2, 0.25) is 0 Å². The van der Waals surface area contributed by atoms with E-state index >= 15 is 0 Å². The van der Waals surface area contributed by atoms with Crippen LogP contribution in [0.5, 0.6) is 17.2 Å². The van der Waals surface area contributed by atoms with Crippen molar-refractivity contribution in [1.82, 2.24) is 5.16 Å². The number of rotatable bonds is 10. The molecule has 1 amide bonds. The highest BCUT2D eigenvalue weighted by atomic mass is 16.5. The Morgan fingerprint density at radius 1 is 0.968 bits per heavy atom. The monoisotopic (exact) mass is 424 g/mol. The first-order chi connectivity index (χ1) is 15.0. The Hall–Kier alpha value is -3.48. The summed E-state index contributed by atoms with van der Waals surface area (Å²) in [6.45, 7) is 9.00. The molecule has 0 aliphatic heterocycles. The number of ether oxygens (including phenoxy) is 3. The number of nitrogens with zero attached hydrogens (tertiary/aromatic N) is 1. The molecule has 1 aromatic heterocycles. The number of anilines is 1. The van der Waals surface area contributed by atoms with Crippen LogP contribution in [0, 0.1) is 13.8 Å². The summed E-state index contributed by atoms with van der Waals surface area (Å²) >= 11 is 0. The summed E-state index contributed by atoms with van der Waals surface area (Å²) in [4.78, 5) is 12.6. The van der Waals surface area contributed by atoms with Crippen LogP contribution in [0.1, 0.15) is 36.4 Å². The van der Waals surface area contributed by atoms with Crippen molar-refractivity contribution in [2.75, 3.05) is 18.5 Å². The van der Waals surface area contributed by atoms with Gasteiger partial charge in [-0.25, -0.2) is 0 Å². The molecule has 0 atom stereocenters. The molecule has 0 aliphatic carbocycles. The van der Waals surface area contributed by atoms with Crippen molar-refractivity contribution in [2.45, 2.75) is 40.7 Å². The predicted octanol–water partition coefficient (Wildman–Crippen LogP) is 4.85. The zero-order valence-electron chi connectivity index (χ0n) is 18.4. The van der Waals surface area contributed by atoms with E-state index in [1.807, 2.05) is 58.0 Å². The van der Waals surface area contributed by atoms with E-state index in [4.69, 9.17) is 18.7 Å². The summed E-state index contributed by atoms with van der Waals surface area (Å²) in [5.74, 6) is 2.63. The lowest BCUT2D eigenvalue weighted by atomic mass is 10.1. The molecule has 0 fully saturated rings. The van der Waals surface area contributed by atoms with E-state index in [-0.39, 0.29) is 12.3 Å². The van der Waals surface area contributed by atoms with Crippen LogP contribution < -0.4 is 19.5 Å². The van der Waals surface area contributed by atoms with Gasteiger partial charge in [-0.3, -0.25) is 4.79 Å². The number of nitrogens with one attached hydrogen (secondary N) is 1. The molecule has 2 aromatic carbocycles. The molecule has 3 rings (SSSR count). The first-order valence-corrected chi connectivity index (χ1v) is 10.3. The van der Waals surface area contributed by atoms with Crippen molar-refractivity contribution < 1.29 is 23.5 Å². The number of amides is 1. The lowest BCUT2D eigenvalue weighted by Gasteiger charge is -2.13. The van der Waals surface area contributed by atoms with Crippen LogP contribution in [0.15, 0.2) is 47.0 Å². The maximum Gasteiger partial charge on any atom is 0.228 e. The predicted molar refractivity (Wildman–Crippen MR) is 118 cm³/mol. The van der Waals surface area contributed by atoms with Gasteiger partial charge in [0.05, 0.1) is 36.6 Å². The van der Waals surface area contributed by atoms with Gasteiger partial charge < -0.3 is 24.1 Å². The van der Waals surface area contributed by atoms with Gasteiger partial charge in [0.15, 0.2) is 0 Å². The zero-order chi connectivity index (χ0) is 22.2. The van der Waals surface area contributed by atoms with Gasteiger partial charge in [0.1, 0.15) is 29.6 Å². The molecule has 0 saturated heterocycles. The molecule has 1 heterocycles. The molecule has 0 unspecified atom stereocenters. The number of hydrogen-bond donors (Lipinski definition) is 1. The van der Waals surface area contributed by atoms with Crippen molar-refractivity contribution in [3.05, 3.63) is 65.0 Å². The van der Waals surface area contributed by atoms with Gasteiger partial charge in [0, 0.05) is 6.07 Å². The fraction of sp³-hybridized carbons (Fsp3) is 0.333. The Morgan fingerprint density at radius 3 is 2.32 bits per heavy atom. The highest BCUT2D eigenvalue weighted by Gasteiger charge is 2.12. The minimum absolute atomic E-state index is 0.140. The van der Waals surface area contributed by atoms with Crippen molar-refractivity contribution in [3.63, 3.8) is 0 Å². The molecule has 3 aromatic rings. The average Bonchev–Trinajstić information content (AvgIpc) is 3.07. The van der Waals surface area contributed by atoms with Gasteiger partial charge in [-0.1, -0.05) is 17.3 Å². The summed E-state index contributed by atoms with van der Waals surface area (Å²) in [5, 5.41) is 6.85. The Bertz CT molecular complexity index is 992. The number of aryl methyl sites for hydroxylation is 2. The van der Waals surface area contributed by atoms with Gasteiger partial charge in [-0.15, -0.1) is 0 Å². The quantitative estimate of drug-likeness (QED) is 0.501. The molecule has 164 valence electrons.